The van der Waals surface area contributed by atoms with Crippen molar-refractivity contribution in [3.05, 3.63) is 88.7 Å². The predicted molar refractivity (Wildman–Crippen MR) is 160 cm³/mol. The second kappa shape index (κ2) is 13.0. The first-order chi connectivity index (χ1) is 19.9. The van der Waals surface area contributed by atoms with Gasteiger partial charge in [0.15, 0.2) is 11.4 Å². The summed E-state index contributed by atoms with van der Waals surface area (Å²) in [5, 5.41) is 0. The van der Waals surface area contributed by atoms with E-state index in [4.69, 9.17) is 14.2 Å². The summed E-state index contributed by atoms with van der Waals surface area (Å²) in [7, 11) is 0. The fourth-order valence-corrected chi connectivity index (χ4v) is 5.56. The van der Waals surface area contributed by atoms with Gasteiger partial charge in [-0.3, -0.25) is 4.79 Å². The first-order valence-electron chi connectivity index (χ1n) is 13.8. The number of aryl methyl sites for hydroxylation is 2. The molecule has 222 valence electrons. The summed E-state index contributed by atoms with van der Waals surface area (Å²) in [5.41, 5.74) is 1.85. The summed E-state index contributed by atoms with van der Waals surface area (Å²) < 4.78 is 30.2. The van der Waals surface area contributed by atoms with Gasteiger partial charge in [-0.15, -0.1) is 11.8 Å². The number of hydrogen-bond donors (Lipinski definition) is 0. The van der Waals surface area contributed by atoms with Crippen LogP contribution in [0.3, 0.4) is 0 Å². The Morgan fingerprint density at radius 3 is 2.17 bits per heavy atom. The maximum atomic E-state index is 13.9. The number of likely N-dealkylation sites (tertiary alicyclic amines) is 1. The van der Waals surface area contributed by atoms with Gasteiger partial charge >= 0.3 is 12.1 Å². The summed E-state index contributed by atoms with van der Waals surface area (Å²) in [6.45, 7) is 9.52. The Bertz CT molecular complexity index is 1430. The lowest BCUT2D eigenvalue weighted by Crippen LogP contribution is -2.40. The molecule has 0 saturated carbocycles. The molecule has 42 heavy (non-hydrogen) atoms. The van der Waals surface area contributed by atoms with E-state index < -0.39 is 29.4 Å². The third kappa shape index (κ3) is 6.95. The van der Waals surface area contributed by atoms with E-state index >= 15 is 0 Å². The molecule has 1 aliphatic heterocycles. The molecule has 0 radical (unpaired) electrons. The molecule has 0 aromatic heterocycles. The van der Waals surface area contributed by atoms with Crippen molar-refractivity contribution in [3.8, 4) is 11.5 Å². The molecule has 0 aliphatic carbocycles. The van der Waals surface area contributed by atoms with Gasteiger partial charge in [0, 0.05) is 35.4 Å². The minimum Gasteiger partial charge on any atom is -0.476 e. The van der Waals surface area contributed by atoms with Crippen LogP contribution in [0.15, 0.2) is 65.6 Å². The smallest absolute Gasteiger partial charge is 0.415 e. The lowest BCUT2D eigenvalue weighted by atomic mass is 9.82. The molecular weight excluding hydrogens is 557 g/mol. The molecule has 9 heteroatoms. The van der Waals surface area contributed by atoms with Crippen LogP contribution >= 0.6 is 11.8 Å². The van der Waals surface area contributed by atoms with Gasteiger partial charge in [0.05, 0.1) is 6.61 Å². The van der Waals surface area contributed by atoms with Gasteiger partial charge in [0.1, 0.15) is 17.3 Å². The van der Waals surface area contributed by atoms with E-state index in [1.165, 1.54) is 29.2 Å². The Hall–Kier alpha value is -3.85. The number of ether oxygens (including phenoxy) is 3. The zero-order valence-electron chi connectivity index (χ0n) is 24.7. The maximum Gasteiger partial charge on any atom is 0.415 e. The van der Waals surface area contributed by atoms with E-state index in [1.54, 1.807) is 32.5 Å². The molecule has 1 aliphatic rings. The number of thioether (sulfide) groups is 1. The fraction of sp³-hybridized carbons (Fsp3) is 0.364. The topological polar surface area (TPSA) is 82.1 Å². The van der Waals surface area contributed by atoms with Crippen LogP contribution in [0.2, 0.25) is 0 Å². The lowest BCUT2D eigenvalue weighted by Gasteiger charge is -2.27. The van der Waals surface area contributed by atoms with Gasteiger partial charge < -0.3 is 19.1 Å². The van der Waals surface area contributed by atoms with Crippen LogP contribution in [0.4, 0.5) is 9.18 Å². The van der Waals surface area contributed by atoms with Crippen molar-refractivity contribution >= 4 is 29.6 Å². The van der Waals surface area contributed by atoms with Crippen LogP contribution in [0.25, 0.3) is 0 Å². The number of benzene rings is 3. The van der Waals surface area contributed by atoms with E-state index in [0.717, 1.165) is 21.6 Å². The molecule has 0 N–H and O–H groups in total. The fourth-order valence-electron chi connectivity index (χ4n) is 5.15. The first-order valence-corrected chi connectivity index (χ1v) is 15.0. The van der Waals surface area contributed by atoms with E-state index in [1.807, 2.05) is 56.5 Å². The lowest BCUT2D eigenvalue weighted by molar-refractivity contribution is -0.158. The summed E-state index contributed by atoms with van der Waals surface area (Å²) in [6.07, 6.45) is 1.37. The van der Waals surface area contributed by atoms with E-state index in [2.05, 4.69) is 0 Å². The molecule has 0 unspecified atom stereocenters. The Kier molecular flexibility index (Phi) is 9.61. The highest BCUT2D eigenvalue weighted by Crippen LogP contribution is 2.39. The van der Waals surface area contributed by atoms with Crippen LogP contribution in [0.5, 0.6) is 11.5 Å². The van der Waals surface area contributed by atoms with E-state index in [9.17, 15) is 18.8 Å². The van der Waals surface area contributed by atoms with Crippen molar-refractivity contribution in [2.24, 2.45) is 5.92 Å². The molecule has 0 bridgehead atoms. The molecule has 1 amide bonds. The summed E-state index contributed by atoms with van der Waals surface area (Å²) >= 11 is 1.59. The number of esters is 1. The van der Waals surface area contributed by atoms with E-state index in [0.29, 0.717) is 11.3 Å². The maximum absolute atomic E-state index is 13.9. The normalized spacial score (nSPS) is 16.7. The van der Waals surface area contributed by atoms with Crippen LogP contribution in [0, 0.1) is 25.6 Å². The highest BCUT2D eigenvalue weighted by Gasteiger charge is 2.42. The molecule has 1 saturated heterocycles. The van der Waals surface area contributed by atoms with Gasteiger partial charge in [0.2, 0.25) is 0 Å². The standard InChI is InChI=1S/C33H36FNO6S/c1-7-39-31(37)33(4,5)41-30-20(2)16-23(17-21(30)3)27-18-35(32(38)40-25-12-10-24(34)11-13-25)19-28(27)29(36)22-8-14-26(42-6)15-9-22/h8-17,27-28H,7,18-19H2,1-6H3/t27-,28+/m1/s1. The van der Waals surface area contributed by atoms with Gasteiger partial charge in [0.25, 0.3) is 0 Å². The predicted octanol–water partition coefficient (Wildman–Crippen LogP) is 6.98. The number of amides is 1. The zero-order chi connectivity index (χ0) is 30.6. The van der Waals surface area contributed by atoms with Crippen molar-refractivity contribution in [2.75, 3.05) is 26.0 Å². The summed E-state index contributed by atoms with van der Waals surface area (Å²) in [5.74, 6) is -1.01. The highest BCUT2D eigenvalue weighted by atomic mass is 32.2. The van der Waals surface area contributed by atoms with Gasteiger partial charge in [-0.1, -0.05) is 24.3 Å². The molecule has 1 heterocycles. The number of carbonyl (C=O) groups excluding carboxylic acids is 3. The van der Waals surface area contributed by atoms with Crippen molar-refractivity contribution in [1.29, 1.82) is 0 Å². The molecule has 3 aromatic carbocycles. The SMILES string of the molecule is CCOC(=O)C(C)(C)Oc1c(C)cc([C@H]2CN(C(=O)Oc3ccc(F)cc3)C[C@@H]2C(=O)c2ccc(SC)cc2)cc1C. The van der Waals surface area contributed by atoms with E-state index in [-0.39, 0.29) is 37.1 Å². The number of carbonyl (C=O) groups is 3. The Balaban J connectivity index is 1.65. The molecule has 0 spiro atoms. The average Bonchev–Trinajstić information content (AvgIpc) is 3.42. The van der Waals surface area contributed by atoms with Crippen LogP contribution in [-0.2, 0) is 9.53 Å². The van der Waals surface area contributed by atoms with Crippen molar-refractivity contribution in [1.82, 2.24) is 4.90 Å². The number of Topliss-reactive ketones (excluding diaryl/α,β-unsaturated/α-hetero) is 1. The number of nitrogens with zero attached hydrogens (tertiary/aromatic N) is 1. The van der Waals surface area contributed by atoms with Gasteiger partial charge in [-0.25, -0.2) is 14.0 Å². The van der Waals surface area contributed by atoms with Gasteiger partial charge in [-0.05, 0) is 94.0 Å². The van der Waals surface area contributed by atoms with Crippen LogP contribution in [0.1, 0.15) is 53.7 Å². The first kappa shape index (κ1) is 31.1. The largest absolute Gasteiger partial charge is 0.476 e. The van der Waals surface area contributed by atoms with Gasteiger partial charge in [-0.2, -0.15) is 0 Å². The van der Waals surface area contributed by atoms with Crippen molar-refractivity contribution in [2.45, 2.75) is 51.0 Å². The second-order valence-electron chi connectivity index (χ2n) is 10.8. The minimum absolute atomic E-state index is 0.0659. The third-order valence-electron chi connectivity index (χ3n) is 7.34. The Morgan fingerprint density at radius 1 is 0.976 bits per heavy atom. The molecule has 1 fully saturated rings. The Labute approximate surface area is 250 Å². The number of rotatable bonds is 9. The summed E-state index contributed by atoms with van der Waals surface area (Å²) in [6, 6.07) is 16.6. The minimum atomic E-state index is -1.19. The summed E-state index contributed by atoms with van der Waals surface area (Å²) in [4.78, 5) is 42.0. The quantitative estimate of drug-likeness (QED) is 0.150. The molecular formula is C33H36FNO6S. The van der Waals surface area contributed by atoms with Crippen LogP contribution in [-0.4, -0.2) is 54.3 Å². The zero-order valence-corrected chi connectivity index (χ0v) is 25.5. The number of halogens is 1. The molecule has 4 rings (SSSR count). The second-order valence-corrected chi connectivity index (χ2v) is 11.7. The molecule has 2 atom stereocenters. The third-order valence-corrected chi connectivity index (χ3v) is 8.09. The van der Waals surface area contributed by atoms with Crippen molar-refractivity contribution < 1.29 is 33.0 Å². The van der Waals surface area contributed by atoms with Crippen molar-refractivity contribution in [3.63, 3.8) is 0 Å². The number of hydrogen-bond acceptors (Lipinski definition) is 7. The Morgan fingerprint density at radius 2 is 1.60 bits per heavy atom. The average molecular weight is 594 g/mol. The molecule has 7 nitrogen and oxygen atoms in total. The number of ketones is 1. The monoisotopic (exact) mass is 593 g/mol. The molecule has 3 aromatic rings. The van der Waals surface area contributed by atoms with Crippen LogP contribution < -0.4 is 9.47 Å². The highest BCUT2D eigenvalue weighted by molar-refractivity contribution is 7.98.